The lowest BCUT2D eigenvalue weighted by atomic mass is 10.1. The maximum atomic E-state index is 11.2. The second-order valence-corrected chi connectivity index (χ2v) is 2.98. The van der Waals surface area contributed by atoms with Crippen LogP contribution in [0.15, 0.2) is 18.2 Å². The van der Waals surface area contributed by atoms with Gasteiger partial charge in [0.2, 0.25) is 0 Å². The summed E-state index contributed by atoms with van der Waals surface area (Å²) in [4.78, 5) is 11.2. The van der Waals surface area contributed by atoms with Gasteiger partial charge in [0.25, 0.3) is 0 Å². The van der Waals surface area contributed by atoms with Gasteiger partial charge in [-0.15, -0.1) is 0 Å². The molecule has 1 aromatic rings. The Hall–Kier alpha value is -1.71. The zero-order valence-corrected chi connectivity index (χ0v) is 8.82. The lowest BCUT2D eigenvalue weighted by Gasteiger charge is -2.06. The molecular formula is C11H14O4. The van der Waals surface area contributed by atoms with Crippen LogP contribution in [0.5, 0.6) is 11.5 Å². The van der Waals surface area contributed by atoms with Gasteiger partial charge in [0.05, 0.1) is 20.1 Å². The van der Waals surface area contributed by atoms with E-state index in [-0.39, 0.29) is 18.1 Å². The first-order valence-corrected chi connectivity index (χ1v) is 4.69. The fraction of sp³-hybridized carbons (Fsp3) is 0.364. The molecule has 0 saturated heterocycles. The quantitative estimate of drug-likeness (QED) is 0.765. The van der Waals surface area contributed by atoms with E-state index < -0.39 is 0 Å². The summed E-state index contributed by atoms with van der Waals surface area (Å²) < 4.78 is 9.77. The van der Waals surface area contributed by atoms with Crippen LogP contribution in [0.2, 0.25) is 0 Å². The van der Waals surface area contributed by atoms with Gasteiger partial charge >= 0.3 is 5.97 Å². The molecule has 0 aliphatic carbocycles. The summed E-state index contributed by atoms with van der Waals surface area (Å²) in [5, 5.41) is 9.48. The standard InChI is InChI=1S/C11H14O4/c1-3-15-11(13)7-8-6-9(14-2)4-5-10(8)12/h4-6,12H,3,7H2,1-2H3. The fourth-order valence-electron chi connectivity index (χ4n) is 1.20. The number of carbonyl (C=O) groups excluding carboxylic acids is 1. The van der Waals surface area contributed by atoms with Gasteiger partial charge in [-0.3, -0.25) is 4.79 Å². The first kappa shape index (κ1) is 11.4. The van der Waals surface area contributed by atoms with Crippen LogP contribution >= 0.6 is 0 Å². The summed E-state index contributed by atoms with van der Waals surface area (Å²) in [5.41, 5.74) is 0.507. The van der Waals surface area contributed by atoms with E-state index in [4.69, 9.17) is 9.47 Å². The van der Waals surface area contributed by atoms with Gasteiger partial charge in [0.15, 0.2) is 0 Å². The minimum absolute atomic E-state index is 0.0525. The number of carbonyl (C=O) groups is 1. The summed E-state index contributed by atoms with van der Waals surface area (Å²) in [6.45, 7) is 2.08. The molecule has 0 unspecified atom stereocenters. The highest BCUT2D eigenvalue weighted by molar-refractivity contribution is 5.73. The third-order valence-electron chi connectivity index (χ3n) is 1.93. The molecule has 4 heteroatoms. The van der Waals surface area contributed by atoms with Crippen LogP contribution in [0.4, 0.5) is 0 Å². The Labute approximate surface area is 88.4 Å². The number of methoxy groups -OCH3 is 1. The summed E-state index contributed by atoms with van der Waals surface area (Å²) in [5.74, 6) is 0.317. The molecule has 0 aliphatic rings. The number of rotatable bonds is 4. The van der Waals surface area contributed by atoms with Gasteiger partial charge in [0.1, 0.15) is 11.5 Å². The van der Waals surface area contributed by atoms with E-state index in [1.165, 1.54) is 13.2 Å². The van der Waals surface area contributed by atoms with Crippen molar-refractivity contribution in [2.24, 2.45) is 0 Å². The van der Waals surface area contributed by atoms with E-state index in [2.05, 4.69) is 0 Å². The van der Waals surface area contributed by atoms with Crippen LogP contribution in [0.25, 0.3) is 0 Å². The summed E-state index contributed by atoms with van der Waals surface area (Å²) in [6, 6.07) is 4.74. The minimum atomic E-state index is -0.360. The molecule has 0 saturated carbocycles. The molecule has 0 radical (unpaired) electrons. The third-order valence-corrected chi connectivity index (χ3v) is 1.93. The molecule has 0 heterocycles. The number of hydrogen-bond donors (Lipinski definition) is 1. The molecule has 1 N–H and O–H groups in total. The maximum absolute atomic E-state index is 11.2. The largest absolute Gasteiger partial charge is 0.508 e. The van der Waals surface area contributed by atoms with Crippen LogP contribution in [-0.2, 0) is 16.0 Å². The van der Waals surface area contributed by atoms with Crippen molar-refractivity contribution >= 4 is 5.97 Å². The van der Waals surface area contributed by atoms with E-state index in [9.17, 15) is 9.90 Å². The molecule has 82 valence electrons. The van der Waals surface area contributed by atoms with Crippen molar-refractivity contribution in [1.82, 2.24) is 0 Å². The van der Waals surface area contributed by atoms with Crippen LogP contribution in [-0.4, -0.2) is 24.8 Å². The number of phenols is 1. The average Bonchev–Trinajstić information content (AvgIpc) is 2.21. The minimum Gasteiger partial charge on any atom is -0.508 e. The third kappa shape index (κ3) is 3.16. The number of phenolic OH excluding ortho intramolecular Hbond substituents is 1. The summed E-state index contributed by atoms with van der Waals surface area (Å²) in [6.07, 6.45) is 0.0525. The molecule has 1 rings (SSSR count). The molecule has 4 nitrogen and oxygen atoms in total. The van der Waals surface area contributed by atoms with Gasteiger partial charge in [-0.05, 0) is 25.1 Å². The topological polar surface area (TPSA) is 55.8 Å². The van der Waals surface area contributed by atoms with Gasteiger partial charge in [0, 0.05) is 5.56 Å². The molecule has 0 atom stereocenters. The number of aromatic hydroxyl groups is 1. The van der Waals surface area contributed by atoms with E-state index in [0.717, 1.165) is 0 Å². The molecule has 0 fully saturated rings. The number of esters is 1. The first-order valence-electron chi connectivity index (χ1n) is 4.69. The van der Waals surface area contributed by atoms with Crippen LogP contribution in [0.3, 0.4) is 0 Å². The highest BCUT2D eigenvalue weighted by Gasteiger charge is 2.09. The second kappa shape index (κ2) is 5.24. The maximum Gasteiger partial charge on any atom is 0.310 e. The van der Waals surface area contributed by atoms with Crippen molar-refractivity contribution in [3.8, 4) is 11.5 Å². The average molecular weight is 210 g/mol. The molecule has 0 aromatic heterocycles. The molecule has 1 aromatic carbocycles. The fourth-order valence-corrected chi connectivity index (χ4v) is 1.20. The molecule has 0 amide bonds. The van der Waals surface area contributed by atoms with E-state index in [0.29, 0.717) is 17.9 Å². The van der Waals surface area contributed by atoms with Crippen LogP contribution in [0.1, 0.15) is 12.5 Å². The van der Waals surface area contributed by atoms with Crippen molar-refractivity contribution < 1.29 is 19.4 Å². The lowest BCUT2D eigenvalue weighted by molar-refractivity contribution is -0.142. The summed E-state index contributed by atoms with van der Waals surface area (Å²) in [7, 11) is 1.53. The van der Waals surface area contributed by atoms with Crippen molar-refractivity contribution in [1.29, 1.82) is 0 Å². The van der Waals surface area contributed by atoms with Crippen molar-refractivity contribution in [3.05, 3.63) is 23.8 Å². The van der Waals surface area contributed by atoms with Gasteiger partial charge in [-0.1, -0.05) is 0 Å². The Bertz CT molecular complexity index is 346. The highest BCUT2D eigenvalue weighted by atomic mass is 16.5. The molecule has 0 spiro atoms. The van der Waals surface area contributed by atoms with E-state index in [1.54, 1.807) is 19.1 Å². The van der Waals surface area contributed by atoms with Crippen LogP contribution < -0.4 is 4.74 Å². The van der Waals surface area contributed by atoms with Gasteiger partial charge in [-0.2, -0.15) is 0 Å². The Morgan fingerprint density at radius 1 is 1.47 bits per heavy atom. The Balaban J connectivity index is 2.79. The molecular weight excluding hydrogens is 196 g/mol. The van der Waals surface area contributed by atoms with Crippen molar-refractivity contribution in [2.75, 3.05) is 13.7 Å². The smallest absolute Gasteiger partial charge is 0.310 e. The van der Waals surface area contributed by atoms with Crippen molar-refractivity contribution in [3.63, 3.8) is 0 Å². The Morgan fingerprint density at radius 3 is 2.80 bits per heavy atom. The van der Waals surface area contributed by atoms with Crippen molar-refractivity contribution in [2.45, 2.75) is 13.3 Å². The number of benzene rings is 1. The SMILES string of the molecule is CCOC(=O)Cc1cc(OC)ccc1O. The zero-order chi connectivity index (χ0) is 11.3. The number of ether oxygens (including phenoxy) is 2. The molecule has 0 aliphatic heterocycles. The monoisotopic (exact) mass is 210 g/mol. The van der Waals surface area contributed by atoms with Crippen LogP contribution in [0, 0.1) is 0 Å². The lowest BCUT2D eigenvalue weighted by Crippen LogP contribution is -2.07. The summed E-state index contributed by atoms with van der Waals surface area (Å²) >= 11 is 0. The normalized spacial score (nSPS) is 9.73. The predicted octanol–water partition coefficient (Wildman–Crippen LogP) is 1.51. The predicted molar refractivity (Wildman–Crippen MR) is 55.0 cm³/mol. The van der Waals surface area contributed by atoms with Gasteiger partial charge in [-0.25, -0.2) is 0 Å². The zero-order valence-electron chi connectivity index (χ0n) is 8.82. The molecule has 0 bridgehead atoms. The van der Waals surface area contributed by atoms with E-state index >= 15 is 0 Å². The highest BCUT2D eigenvalue weighted by Crippen LogP contribution is 2.23. The second-order valence-electron chi connectivity index (χ2n) is 2.98. The van der Waals surface area contributed by atoms with Gasteiger partial charge < -0.3 is 14.6 Å². The number of hydrogen-bond acceptors (Lipinski definition) is 4. The van der Waals surface area contributed by atoms with E-state index in [1.807, 2.05) is 0 Å². The Kier molecular flexibility index (Phi) is 3.97. The first-order chi connectivity index (χ1) is 7.17. The molecule has 15 heavy (non-hydrogen) atoms. The Morgan fingerprint density at radius 2 is 2.20 bits per heavy atom.